The van der Waals surface area contributed by atoms with Crippen molar-refractivity contribution in [3.63, 3.8) is 0 Å². The number of aliphatic carboxylic acids is 1. The summed E-state index contributed by atoms with van der Waals surface area (Å²) < 4.78 is 8.00. The predicted molar refractivity (Wildman–Crippen MR) is 111 cm³/mol. The van der Waals surface area contributed by atoms with Gasteiger partial charge in [0.25, 0.3) is 0 Å². The second-order valence-electron chi connectivity index (χ2n) is 6.47. The molecule has 0 aliphatic heterocycles. The molecule has 0 aliphatic carbocycles. The quantitative estimate of drug-likeness (QED) is 0.409. The fourth-order valence-corrected chi connectivity index (χ4v) is 3.77. The minimum absolute atomic E-state index is 0.174. The average Bonchev–Trinajstić information content (AvgIpc) is 3.35. The van der Waals surface area contributed by atoms with Gasteiger partial charge >= 0.3 is 5.97 Å². The van der Waals surface area contributed by atoms with Gasteiger partial charge in [-0.2, -0.15) is 11.3 Å². The van der Waals surface area contributed by atoms with E-state index in [9.17, 15) is 4.79 Å². The maximum absolute atomic E-state index is 10.6. The summed E-state index contributed by atoms with van der Waals surface area (Å²) in [6.07, 6.45) is 1.50. The zero-order valence-corrected chi connectivity index (χ0v) is 16.1. The lowest BCUT2D eigenvalue weighted by Crippen LogP contribution is -2.01. The Morgan fingerprint density at radius 3 is 2.71 bits per heavy atom. The number of carboxylic acid groups (broad SMARTS) is 1. The number of rotatable bonds is 8. The Balaban J connectivity index is 1.67. The van der Waals surface area contributed by atoms with E-state index in [2.05, 4.69) is 33.5 Å². The van der Waals surface area contributed by atoms with Crippen LogP contribution in [-0.4, -0.2) is 27.2 Å². The summed E-state index contributed by atoms with van der Waals surface area (Å²) in [7, 11) is 0. The van der Waals surface area contributed by atoms with Crippen molar-refractivity contribution in [2.75, 3.05) is 6.61 Å². The second kappa shape index (κ2) is 8.27. The number of fused-ring (bicyclic) bond motifs is 1. The highest BCUT2D eigenvalue weighted by molar-refractivity contribution is 7.08. The topological polar surface area (TPSA) is 64.3 Å². The summed E-state index contributed by atoms with van der Waals surface area (Å²) in [5, 5.41) is 12.9. The molecule has 6 heteroatoms. The van der Waals surface area contributed by atoms with Crippen molar-refractivity contribution in [1.82, 2.24) is 9.55 Å². The maximum atomic E-state index is 10.6. The molecule has 0 spiro atoms. The van der Waals surface area contributed by atoms with Gasteiger partial charge in [-0.1, -0.05) is 18.2 Å². The molecular formula is C22H20N2O3S. The monoisotopic (exact) mass is 392 g/mol. The molecule has 2 aromatic heterocycles. The van der Waals surface area contributed by atoms with Gasteiger partial charge in [0.2, 0.25) is 0 Å². The number of hydrogen-bond acceptors (Lipinski definition) is 4. The van der Waals surface area contributed by atoms with Crippen LogP contribution in [0.2, 0.25) is 0 Å². The lowest BCUT2D eigenvalue weighted by Gasteiger charge is -2.10. The summed E-state index contributed by atoms with van der Waals surface area (Å²) in [5.41, 5.74) is 4.02. The van der Waals surface area contributed by atoms with E-state index < -0.39 is 5.97 Å². The van der Waals surface area contributed by atoms with Crippen LogP contribution in [0, 0.1) is 0 Å². The molecule has 0 aliphatic rings. The standard InChI is InChI=1S/C22H20N2O3S/c25-21(26)8-4-5-12-27-18-9-10-19-20(14-18)24(17-6-2-1-3-7-17)22(23-19)16-11-13-28-15-16/h1-3,6-7,9-11,13-15H,4-5,8,12H2,(H,25,26). The zero-order valence-electron chi connectivity index (χ0n) is 15.2. The van der Waals surface area contributed by atoms with Crippen LogP contribution < -0.4 is 4.74 Å². The molecule has 4 aromatic rings. The Hall–Kier alpha value is -3.12. The van der Waals surface area contributed by atoms with E-state index >= 15 is 0 Å². The van der Waals surface area contributed by atoms with Crippen molar-refractivity contribution >= 4 is 28.3 Å². The van der Waals surface area contributed by atoms with E-state index in [4.69, 9.17) is 14.8 Å². The number of hydrogen-bond donors (Lipinski definition) is 1. The molecule has 5 nitrogen and oxygen atoms in total. The van der Waals surface area contributed by atoms with Gasteiger partial charge in [0.15, 0.2) is 0 Å². The third-order valence-corrected chi connectivity index (χ3v) is 5.16. The smallest absolute Gasteiger partial charge is 0.303 e. The molecule has 1 N–H and O–H groups in total. The first-order valence-corrected chi connectivity index (χ1v) is 10.1. The molecule has 0 bridgehead atoms. The Bertz CT molecular complexity index is 1070. The maximum Gasteiger partial charge on any atom is 0.303 e. The summed E-state index contributed by atoms with van der Waals surface area (Å²) >= 11 is 1.65. The summed E-state index contributed by atoms with van der Waals surface area (Å²) in [6.45, 7) is 0.496. The highest BCUT2D eigenvalue weighted by atomic mass is 32.1. The number of imidazole rings is 1. The highest BCUT2D eigenvalue weighted by Gasteiger charge is 2.15. The van der Waals surface area contributed by atoms with E-state index in [1.54, 1.807) is 11.3 Å². The predicted octanol–water partition coefficient (Wildman–Crippen LogP) is 5.39. The Labute approximate surface area is 166 Å². The number of para-hydroxylation sites is 1. The van der Waals surface area contributed by atoms with Crippen molar-refractivity contribution in [3.05, 3.63) is 65.4 Å². The van der Waals surface area contributed by atoms with Gasteiger partial charge < -0.3 is 9.84 Å². The molecule has 0 unspecified atom stereocenters. The van der Waals surface area contributed by atoms with Crippen molar-refractivity contribution < 1.29 is 14.6 Å². The SMILES string of the molecule is O=C(O)CCCCOc1ccc2nc(-c3ccsc3)n(-c3ccccc3)c2c1. The molecule has 142 valence electrons. The normalized spacial score (nSPS) is 11.0. The Morgan fingerprint density at radius 2 is 1.96 bits per heavy atom. The van der Waals surface area contributed by atoms with Gasteiger partial charge in [-0.05, 0) is 48.6 Å². The van der Waals surface area contributed by atoms with Gasteiger partial charge in [0.05, 0.1) is 17.6 Å². The van der Waals surface area contributed by atoms with Crippen molar-refractivity contribution in [3.8, 4) is 22.8 Å². The van der Waals surface area contributed by atoms with Gasteiger partial charge in [-0.15, -0.1) is 0 Å². The number of benzene rings is 2. The minimum Gasteiger partial charge on any atom is -0.494 e. The van der Waals surface area contributed by atoms with Gasteiger partial charge in [-0.25, -0.2) is 4.98 Å². The molecule has 0 saturated heterocycles. The number of thiophene rings is 1. The van der Waals surface area contributed by atoms with E-state index in [-0.39, 0.29) is 6.42 Å². The second-order valence-corrected chi connectivity index (χ2v) is 7.25. The number of carbonyl (C=O) groups is 1. The molecule has 0 radical (unpaired) electrons. The fraction of sp³-hybridized carbons (Fsp3) is 0.182. The van der Waals surface area contributed by atoms with Gasteiger partial charge in [0, 0.05) is 29.1 Å². The highest BCUT2D eigenvalue weighted by Crippen LogP contribution is 2.31. The number of nitrogens with zero attached hydrogens (tertiary/aromatic N) is 2. The van der Waals surface area contributed by atoms with Gasteiger partial charge in [-0.3, -0.25) is 9.36 Å². The first kappa shape index (κ1) is 18.3. The first-order valence-electron chi connectivity index (χ1n) is 9.17. The van der Waals surface area contributed by atoms with Crippen LogP contribution in [0.3, 0.4) is 0 Å². The molecular weight excluding hydrogens is 372 g/mol. The third kappa shape index (κ3) is 3.92. The summed E-state index contributed by atoms with van der Waals surface area (Å²) in [4.78, 5) is 15.5. The molecule has 4 rings (SSSR count). The number of unbranched alkanes of at least 4 members (excludes halogenated alkanes) is 1. The van der Waals surface area contributed by atoms with E-state index in [0.717, 1.165) is 33.9 Å². The van der Waals surface area contributed by atoms with Gasteiger partial charge in [0.1, 0.15) is 11.6 Å². The van der Waals surface area contributed by atoms with Crippen LogP contribution in [0.5, 0.6) is 5.75 Å². The van der Waals surface area contributed by atoms with E-state index in [1.807, 2.05) is 36.4 Å². The molecule has 2 aromatic carbocycles. The van der Waals surface area contributed by atoms with Crippen LogP contribution in [0.1, 0.15) is 19.3 Å². The Kier molecular flexibility index (Phi) is 5.39. The van der Waals surface area contributed by atoms with Crippen molar-refractivity contribution in [1.29, 1.82) is 0 Å². The lowest BCUT2D eigenvalue weighted by molar-refractivity contribution is -0.137. The average molecular weight is 392 g/mol. The molecule has 2 heterocycles. The van der Waals surface area contributed by atoms with Crippen LogP contribution in [0.4, 0.5) is 0 Å². The van der Waals surface area contributed by atoms with Crippen molar-refractivity contribution in [2.24, 2.45) is 0 Å². The molecule has 0 saturated carbocycles. The van der Waals surface area contributed by atoms with E-state index in [0.29, 0.717) is 19.4 Å². The van der Waals surface area contributed by atoms with Crippen LogP contribution in [0.25, 0.3) is 28.1 Å². The minimum atomic E-state index is -0.769. The summed E-state index contributed by atoms with van der Waals surface area (Å²) in [6, 6.07) is 18.1. The Morgan fingerprint density at radius 1 is 1.11 bits per heavy atom. The molecule has 0 atom stereocenters. The number of carboxylic acids is 1. The van der Waals surface area contributed by atoms with Crippen molar-refractivity contribution in [2.45, 2.75) is 19.3 Å². The molecule has 28 heavy (non-hydrogen) atoms. The largest absolute Gasteiger partial charge is 0.494 e. The summed E-state index contributed by atoms with van der Waals surface area (Å²) in [5.74, 6) is 0.895. The lowest BCUT2D eigenvalue weighted by atomic mass is 10.2. The fourth-order valence-electron chi connectivity index (χ4n) is 3.14. The third-order valence-electron chi connectivity index (χ3n) is 4.47. The molecule has 0 amide bonds. The first-order chi connectivity index (χ1) is 13.7. The number of aromatic nitrogens is 2. The van der Waals surface area contributed by atoms with E-state index in [1.165, 1.54) is 0 Å². The zero-order chi connectivity index (χ0) is 19.3. The van der Waals surface area contributed by atoms with Crippen LogP contribution in [0.15, 0.2) is 65.4 Å². The molecule has 0 fully saturated rings. The number of ether oxygens (including phenoxy) is 1. The van der Waals surface area contributed by atoms with Crippen LogP contribution >= 0.6 is 11.3 Å². The van der Waals surface area contributed by atoms with Crippen LogP contribution in [-0.2, 0) is 4.79 Å².